The predicted octanol–water partition coefficient (Wildman–Crippen LogP) is 0.221. The number of sulfone groups is 1. The van der Waals surface area contributed by atoms with Gasteiger partial charge in [0.25, 0.3) is 0 Å². The first-order valence-electron chi connectivity index (χ1n) is 6.41. The minimum atomic E-state index is -3.41. The summed E-state index contributed by atoms with van der Waals surface area (Å²) in [5.74, 6) is -1.09. The number of likely N-dealkylation sites (tertiary alicyclic amines) is 1. The molecule has 19 heavy (non-hydrogen) atoms. The molecule has 0 saturated carbocycles. The molecule has 0 aromatic carbocycles. The lowest BCUT2D eigenvalue weighted by Gasteiger charge is -2.32. The third-order valence-electron chi connectivity index (χ3n) is 3.34. The van der Waals surface area contributed by atoms with Gasteiger partial charge in [0.2, 0.25) is 5.91 Å². The summed E-state index contributed by atoms with van der Waals surface area (Å²) < 4.78 is 27.7. The summed E-state index contributed by atoms with van der Waals surface area (Å²) in [5, 5.41) is -1.06. The summed E-state index contributed by atoms with van der Waals surface area (Å²) in [7, 11) is -3.41. The van der Waals surface area contributed by atoms with Gasteiger partial charge in [0, 0.05) is 19.3 Å². The van der Waals surface area contributed by atoms with Gasteiger partial charge in [0.1, 0.15) is 5.25 Å². The van der Waals surface area contributed by atoms with Gasteiger partial charge in [-0.25, -0.2) is 8.42 Å². The monoisotopic (exact) mass is 291 g/mol. The van der Waals surface area contributed by atoms with Crippen molar-refractivity contribution in [2.45, 2.75) is 31.9 Å². The van der Waals surface area contributed by atoms with Gasteiger partial charge in [-0.05, 0) is 26.7 Å². The zero-order chi connectivity index (χ0) is 14.6. The number of ether oxygens (including phenoxy) is 1. The second-order valence-corrected chi connectivity index (χ2v) is 7.21. The lowest BCUT2D eigenvalue weighted by molar-refractivity contribution is -0.151. The van der Waals surface area contributed by atoms with E-state index in [1.165, 1.54) is 11.8 Å². The van der Waals surface area contributed by atoms with Crippen LogP contribution in [0.15, 0.2) is 0 Å². The Kier molecular flexibility index (Phi) is 5.34. The average Bonchev–Trinajstić information content (AvgIpc) is 2.36. The molecular formula is C12H21NO5S. The Hall–Kier alpha value is -1.11. The highest BCUT2D eigenvalue weighted by atomic mass is 32.2. The molecule has 7 heteroatoms. The van der Waals surface area contributed by atoms with Crippen LogP contribution in [0.5, 0.6) is 0 Å². The molecule has 6 nitrogen and oxygen atoms in total. The van der Waals surface area contributed by atoms with E-state index in [9.17, 15) is 18.0 Å². The maximum atomic E-state index is 12.1. The van der Waals surface area contributed by atoms with Crippen LogP contribution in [0.4, 0.5) is 0 Å². The molecule has 1 aliphatic rings. The topological polar surface area (TPSA) is 80.8 Å². The second kappa shape index (κ2) is 6.36. The lowest BCUT2D eigenvalue weighted by atomic mass is 9.98. The zero-order valence-electron chi connectivity index (χ0n) is 11.6. The highest BCUT2D eigenvalue weighted by molar-refractivity contribution is 7.92. The van der Waals surface area contributed by atoms with Crippen LogP contribution in [-0.2, 0) is 24.2 Å². The van der Waals surface area contributed by atoms with E-state index in [1.807, 2.05) is 0 Å². The molecule has 2 atom stereocenters. The van der Waals surface area contributed by atoms with Gasteiger partial charge in [0.05, 0.1) is 12.5 Å². The maximum absolute atomic E-state index is 12.1. The standard InChI is InChI=1S/C12H21NO5S/c1-4-18-12(15)10-6-5-7-13(8-10)11(14)9(2)19(3,16)17/h9-10H,4-8H2,1-3H3/t9?,10-/m0/s1. The summed E-state index contributed by atoms with van der Waals surface area (Å²) in [6, 6.07) is 0. The summed E-state index contributed by atoms with van der Waals surface area (Å²) in [6.07, 6.45) is 2.41. The molecule has 0 radical (unpaired) electrons. The second-order valence-electron chi connectivity index (χ2n) is 4.85. The van der Waals surface area contributed by atoms with Gasteiger partial charge in [-0.3, -0.25) is 9.59 Å². The molecule has 1 heterocycles. The summed E-state index contributed by atoms with van der Waals surface area (Å²) in [4.78, 5) is 25.2. The van der Waals surface area contributed by atoms with E-state index in [-0.39, 0.29) is 18.4 Å². The minimum Gasteiger partial charge on any atom is -0.466 e. The van der Waals surface area contributed by atoms with Crippen molar-refractivity contribution in [1.82, 2.24) is 4.90 Å². The van der Waals surface area contributed by atoms with Crippen LogP contribution in [0.1, 0.15) is 26.7 Å². The molecule has 0 aromatic rings. The van der Waals surface area contributed by atoms with Crippen LogP contribution < -0.4 is 0 Å². The molecule has 0 aromatic heterocycles. The predicted molar refractivity (Wildman–Crippen MR) is 70.2 cm³/mol. The fourth-order valence-corrected chi connectivity index (χ4v) is 2.59. The van der Waals surface area contributed by atoms with Gasteiger partial charge in [-0.1, -0.05) is 0 Å². The number of piperidine rings is 1. The van der Waals surface area contributed by atoms with Crippen molar-refractivity contribution in [3.05, 3.63) is 0 Å². The fraction of sp³-hybridized carbons (Fsp3) is 0.833. The largest absolute Gasteiger partial charge is 0.466 e. The highest BCUT2D eigenvalue weighted by Gasteiger charge is 2.34. The van der Waals surface area contributed by atoms with Crippen molar-refractivity contribution in [2.75, 3.05) is 26.0 Å². The Morgan fingerprint density at radius 3 is 2.58 bits per heavy atom. The minimum absolute atomic E-state index is 0.248. The molecule has 0 spiro atoms. The van der Waals surface area contributed by atoms with Crippen molar-refractivity contribution in [1.29, 1.82) is 0 Å². The van der Waals surface area contributed by atoms with Crippen molar-refractivity contribution in [3.8, 4) is 0 Å². The molecule has 1 aliphatic heterocycles. The summed E-state index contributed by atoms with van der Waals surface area (Å²) in [6.45, 7) is 4.16. The molecule has 1 saturated heterocycles. The van der Waals surface area contributed by atoms with E-state index < -0.39 is 21.0 Å². The first kappa shape index (κ1) is 15.9. The Morgan fingerprint density at radius 1 is 1.42 bits per heavy atom. The third-order valence-corrected chi connectivity index (χ3v) is 4.83. The van der Waals surface area contributed by atoms with Gasteiger partial charge in [-0.2, -0.15) is 0 Å². The summed E-state index contributed by atoms with van der Waals surface area (Å²) >= 11 is 0. The van der Waals surface area contributed by atoms with Crippen LogP contribution in [0.25, 0.3) is 0 Å². The summed E-state index contributed by atoms with van der Waals surface area (Å²) in [5.41, 5.74) is 0. The Morgan fingerprint density at radius 2 is 2.05 bits per heavy atom. The molecule has 0 aliphatic carbocycles. The first-order chi connectivity index (χ1) is 8.77. The van der Waals surface area contributed by atoms with E-state index in [0.29, 0.717) is 26.0 Å². The van der Waals surface area contributed by atoms with Crippen LogP contribution in [0.2, 0.25) is 0 Å². The molecule has 110 valence electrons. The molecule has 0 N–H and O–H groups in total. The van der Waals surface area contributed by atoms with E-state index in [2.05, 4.69) is 0 Å². The van der Waals surface area contributed by atoms with Gasteiger partial charge in [0.15, 0.2) is 9.84 Å². The molecule has 1 fully saturated rings. The van der Waals surface area contributed by atoms with Gasteiger partial charge < -0.3 is 9.64 Å². The Labute approximate surface area is 114 Å². The smallest absolute Gasteiger partial charge is 0.310 e. The number of amides is 1. The van der Waals surface area contributed by atoms with Crippen LogP contribution in [0.3, 0.4) is 0 Å². The number of hydrogen-bond acceptors (Lipinski definition) is 5. The number of esters is 1. The van der Waals surface area contributed by atoms with Crippen LogP contribution in [0, 0.1) is 5.92 Å². The maximum Gasteiger partial charge on any atom is 0.310 e. The van der Waals surface area contributed by atoms with Crippen molar-refractivity contribution < 1.29 is 22.7 Å². The molecule has 1 rings (SSSR count). The van der Waals surface area contributed by atoms with Gasteiger partial charge >= 0.3 is 5.97 Å². The van der Waals surface area contributed by atoms with E-state index >= 15 is 0 Å². The van der Waals surface area contributed by atoms with Gasteiger partial charge in [-0.15, -0.1) is 0 Å². The van der Waals surface area contributed by atoms with E-state index in [4.69, 9.17) is 4.74 Å². The molecular weight excluding hydrogens is 270 g/mol. The lowest BCUT2D eigenvalue weighted by Crippen LogP contribution is -2.47. The fourth-order valence-electron chi connectivity index (χ4n) is 2.07. The average molecular weight is 291 g/mol. The normalized spacial score (nSPS) is 21.8. The number of hydrogen-bond donors (Lipinski definition) is 0. The zero-order valence-corrected chi connectivity index (χ0v) is 12.4. The number of rotatable bonds is 4. The quantitative estimate of drug-likeness (QED) is 0.692. The van der Waals surface area contributed by atoms with Crippen LogP contribution >= 0.6 is 0 Å². The molecule has 1 unspecified atom stereocenters. The molecule has 1 amide bonds. The SMILES string of the molecule is CCOC(=O)[C@H]1CCCN(C(=O)C(C)S(C)(=O)=O)C1. The highest BCUT2D eigenvalue weighted by Crippen LogP contribution is 2.19. The Balaban J connectivity index is 2.70. The van der Waals surface area contributed by atoms with Crippen molar-refractivity contribution >= 4 is 21.7 Å². The third kappa shape index (κ3) is 4.19. The Bertz CT molecular complexity index is 445. The number of carbonyl (C=O) groups is 2. The number of nitrogens with zero attached hydrogens (tertiary/aromatic N) is 1. The first-order valence-corrected chi connectivity index (χ1v) is 8.37. The van der Waals surface area contributed by atoms with Crippen molar-refractivity contribution in [2.24, 2.45) is 5.92 Å². The van der Waals surface area contributed by atoms with Crippen LogP contribution in [-0.4, -0.2) is 56.4 Å². The molecule has 0 bridgehead atoms. The number of carbonyl (C=O) groups excluding carboxylic acids is 2. The van der Waals surface area contributed by atoms with E-state index in [1.54, 1.807) is 6.92 Å². The van der Waals surface area contributed by atoms with E-state index in [0.717, 1.165) is 6.26 Å². The van der Waals surface area contributed by atoms with Crippen molar-refractivity contribution in [3.63, 3.8) is 0 Å².